The van der Waals surface area contributed by atoms with Crippen LogP contribution in [0.1, 0.15) is 31.4 Å². The smallest absolute Gasteiger partial charge is 0.314 e. The van der Waals surface area contributed by atoms with E-state index in [-0.39, 0.29) is 6.03 Å². The molecule has 0 spiro atoms. The molecule has 5 nitrogen and oxygen atoms in total. The number of urea groups is 1. The SMILES string of the molecule is O=C(NCCc1cc2ccccc2[nH]1)NCC[C@@H]1CCCCO1. The van der Waals surface area contributed by atoms with Gasteiger partial charge in [-0.3, -0.25) is 0 Å². The maximum absolute atomic E-state index is 11.8. The van der Waals surface area contributed by atoms with Gasteiger partial charge < -0.3 is 20.4 Å². The van der Waals surface area contributed by atoms with Gasteiger partial charge in [-0.1, -0.05) is 18.2 Å². The summed E-state index contributed by atoms with van der Waals surface area (Å²) >= 11 is 0. The molecule has 0 radical (unpaired) electrons. The molecule has 3 N–H and O–H groups in total. The highest BCUT2D eigenvalue weighted by atomic mass is 16.5. The summed E-state index contributed by atoms with van der Waals surface area (Å²) in [4.78, 5) is 15.1. The first-order valence-corrected chi connectivity index (χ1v) is 8.51. The summed E-state index contributed by atoms with van der Waals surface area (Å²) in [6, 6.07) is 10.2. The van der Waals surface area contributed by atoms with Crippen molar-refractivity contribution in [3.8, 4) is 0 Å². The fourth-order valence-electron chi connectivity index (χ4n) is 3.02. The van der Waals surface area contributed by atoms with E-state index < -0.39 is 0 Å². The normalized spacial score (nSPS) is 18.0. The number of carbonyl (C=O) groups is 1. The Morgan fingerprint density at radius 2 is 2.09 bits per heavy atom. The number of benzene rings is 1. The maximum Gasteiger partial charge on any atom is 0.314 e. The number of ether oxygens (including phenoxy) is 1. The van der Waals surface area contributed by atoms with Gasteiger partial charge in [0, 0.05) is 37.3 Å². The Morgan fingerprint density at radius 1 is 1.22 bits per heavy atom. The third-order valence-corrected chi connectivity index (χ3v) is 4.29. The van der Waals surface area contributed by atoms with Crippen LogP contribution < -0.4 is 10.6 Å². The van der Waals surface area contributed by atoms with Crippen molar-refractivity contribution in [3.63, 3.8) is 0 Å². The number of carbonyl (C=O) groups excluding carboxylic acids is 1. The number of aromatic nitrogens is 1. The summed E-state index contributed by atoms with van der Waals surface area (Å²) in [6.45, 7) is 2.16. The molecule has 0 bridgehead atoms. The zero-order chi connectivity index (χ0) is 15.9. The van der Waals surface area contributed by atoms with Gasteiger partial charge in [-0.05, 0) is 43.2 Å². The number of fused-ring (bicyclic) bond motifs is 1. The lowest BCUT2D eigenvalue weighted by Gasteiger charge is -2.22. The molecule has 2 aromatic rings. The zero-order valence-electron chi connectivity index (χ0n) is 13.4. The highest BCUT2D eigenvalue weighted by Crippen LogP contribution is 2.15. The lowest BCUT2D eigenvalue weighted by atomic mass is 10.1. The van der Waals surface area contributed by atoms with Crippen LogP contribution in [0.4, 0.5) is 4.79 Å². The van der Waals surface area contributed by atoms with E-state index in [9.17, 15) is 4.79 Å². The van der Waals surface area contributed by atoms with Crippen molar-refractivity contribution in [2.45, 2.75) is 38.2 Å². The number of para-hydroxylation sites is 1. The van der Waals surface area contributed by atoms with E-state index in [4.69, 9.17) is 4.74 Å². The van der Waals surface area contributed by atoms with Crippen LogP contribution in [-0.4, -0.2) is 36.8 Å². The molecular weight excluding hydrogens is 290 g/mol. The quantitative estimate of drug-likeness (QED) is 0.767. The Morgan fingerprint density at radius 3 is 2.91 bits per heavy atom. The first-order chi connectivity index (χ1) is 11.3. The summed E-state index contributed by atoms with van der Waals surface area (Å²) in [5.41, 5.74) is 2.28. The number of H-pyrrole nitrogens is 1. The first-order valence-electron chi connectivity index (χ1n) is 8.51. The lowest BCUT2D eigenvalue weighted by Crippen LogP contribution is -2.38. The molecule has 2 amide bonds. The summed E-state index contributed by atoms with van der Waals surface area (Å²) in [6.07, 6.45) is 5.53. The molecule has 5 heteroatoms. The Kier molecular flexibility index (Phi) is 5.53. The molecule has 2 heterocycles. The number of hydrogen-bond acceptors (Lipinski definition) is 2. The molecule has 1 aromatic heterocycles. The van der Waals surface area contributed by atoms with Crippen LogP contribution in [-0.2, 0) is 11.2 Å². The van der Waals surface area contributed by atoms with Crippen molar-refractivity contribution in [2.75, 3.05) is 19.7 Å². The number of aromatic amines is 1. The van der Waals surface area contributed by atoms with Crippen LogP contribution in [0.2, 0.25) is 0 Å². The standard InChI is InChI=1S/C18H25N3O2/c22-18(20-11-9-16-6-3-4-12-23-16)19-10-8-15-13-14-5-1-2-7-17(14)21-15/h1-2,5,7,13,16,21H,3-4,6,8-12H2,(H2,19,20,22)/t16-/m0/s1. The predicted octanol–water partition coefficient (Wildman–Crippen LogP) is 2.97. The second kappa shape index (κ2) is 8.02. The van der Waals surface area contributed by atoms with E-state index >= 15 is 0 Å². The zero-order valence-corrected chi connectivity index (χ0v) is 13.4. The molecule has 0 saturated carbocycles. The molecule has 1 atom stereocenters. The van der Waals surface area contributed by atoms with Gasteiger partial charge >= 0.3 is 6.03 Å². The van der Waals surface area contributed by atoms with Crippen LogP contribution in [0.5, 0.6) is 0 Å². The number of nitrogens with one attached hydrogen (secondary N) is 3. The third-order valence-electron chi connectivity index (χ3n) is 4.29. The molecule has 1 aliphatic heterocycles. The minimum Gasteiger partial charge on any atom is -0.378 e. The van der Waals surface area contributed by atoms with Gasteiger partial charge in [0.1, 0.15) is 0 Å². The topological polar surface area (TPSA) is 66.2 Å². The van der Waals surface area contributed by atoms with Gasteiger partial charge in [-0.15, -0.1) is 0 Å². The van der Waals surface area contributed by atoms with Gasteiger partial charge in [0.25, 0.3) is 0 Å². The van der Waals surface area contributed by atoms with Gasteiger partial charge in [0.2, 0.25) is 0 Å². The van der Waals surface area contributed by atoms with E-state index in [1.54, 1.807) is 0 Å². The van der Waals surface area contributed by atoms with E-state index in [1.165, 1.54) is 11.8 Å². The van der Waals surface area contributed by atoms with Crippen LogP contribution >= 0.6 is 0 Å². The second-order valence-electron chi connectivity index (χ2n) is 6.09. The minimum absolute atomic E-state index is 0.100. The molecule has 23 heavy (non-hydrogen) atoms. The van der Waals surface area contributed by atoms with Crippen molar-refractivity contribution >= 4 is 16.9 Å². The van der Waals surface area contributed by atoms with E-state index in [0.29, 0.717) is 19.2 Å². The predicted molar refractivity (Wildman–Crippen MR) is 91.6 cm³/mol. The van der Waals surface area contributed by atoms with Crippen molar-refractivity contribution in [1.82, 2.24) is 15.6 Å². The van der Waals surface area contributed by atoms with Crippen LogP contribution in [0, 0.1) is 0 Å². The van der Waals surface area contributed by atoms with Gasteiger partial charge in [0.05, 0.1) is 6.10 Å². The fraction of sp³-hybridized carbons (Fsp3) is 0.500. The number of amides is 2. The number of hydrogen-bond donors (Lipinski definition) is 3. The molecule has 1 aromatic carbocycles. The highest BCUT2D eigenvalue weighted by molar-refractivity contribution is 5.80. The van der Waals surface area contributed by atoms with E-state index in [0.717, 1.165) is 43.5 Å². The Hall–Kier alpha value is -2.01. The van der Waals surface area contributed by atoms with Crippen molar-refractivity contribution in [2.24, 2.45) is 0 Å². The molecule has 124 valence electrons. The summed E-state index contributed by atoms with van der Waals surface area (Å²) < 4.78 is 5.65. The van der Waals surface area contributed by atoms with E-state index in [2.05, 4.69) is 33.8 Å². The molecule has 0 unspecified atom stereocenters. The summed E-state index contributed by atoms with van der Waals surface area (Å²) in [7, 11) is 0. The monoisotopic (exact) mass is 315 g/mol. The molecule has 3 rings (SSSR count). The Bertz CT molecular complexity index is 599. The van der Waals surface area contributed by atoms with Crippen LogP contribution in [0.3, 0.4) is 0 Å². The second-order valence-corrected chi connectivity index (χ2v) is 6.09. The van der Waals surface area contributed by atoms with Gasteiger partial charge in [-0.2, -0.15) is 0 Å². The maximum atomic E-state index is 11.8. The van der Waals surface area contributed by atoms with Crippen molar-refractivity contribution in [1.29, 1.82) is 0 Å². The molecule has 1 aliphatic rings. The lowest BCUT2D eigenvalue weighted by molar-refractivity contribution is 0.0120. The Balaban J connectivity index is 1.32. The molecule has 0 aliphatic carbocycles. The first kappa shape index (κ1) is 15.9. The largest absolute Gasteiger partial charge is 0.378 e. The molecular formula is C18H25N3O2. The molecule has 1 fully saturated rings. The average molecular weight is 315 g/mol. The molecule has 1 saturated heterocycles. The third kappa shape index (κ3) is 4.73. The number of rotatable bonds is 6. The van der Waals surface area contributed by atoms with Crippen LogP contribution in [0.15, 0.2) is 30.3 Å². The fourth-order valence-corrected chi connectivity index (χ4v) is 3.02. The summed E-state index contributed by atoms with van der Waals surface area (Å²) in [5, 5.41) is 7.01. The Labute approximate surface area is 136 Å². The average Bonchev–Trinajstić information content (AvgIpc) is 2.98. The minimum atomic E-state index is -0.100. The van der Waals surface area contributed by atoms with Crippen molar-refractivity contribution < 1.29 is 9.53 Å². The van der Waals surface area contributed by atoms with Crippen LogP contribution in [0.25, 0.3) is 10.9 Å². The highest BCUT2D eigenvalue weighted by Gasteiger charge is 2.13. The summed E-state index contributed by atoms with van der Waals surface area (Å²) in [5.74, 6) is 0. The van der Waals surface area contributed by atoms with Gasteiger partial charge in [-0.25, -0.2) is 4.79 Å². The van der Waals surface area contributed by atoms with Gasteiger partial charge in [0.15, 0.2) is 0 Å². The van der Waals surface area contributed by atoms with Crippen molar-refractivity contribution in [3.05, 3.63) is 36.0 Å². The van der Waals surface area contributed by atoms with E-state index in [1.807, 2.05) is 12.1 Å².